The summed E-state index contributed by atoms with van der Waals surface area (Å²) < 4.78 is 0. The van der Waals surface area contributed by atoms with Crippen LogP contribution in [0.25, 0.3) is 10.8 Å². The molecule has 3 aromatic rings. The van der Waals surface area contributed by atoms with Gasteiger partial charge in [0, 0.05) is 12.3 Å². The number of aliphatic imine (C=N–C) groups is 1. The summed E-state index contributed by atoms with van der Waals surface area (Å²) in [5.74, 6) is 1.68. The SMILES string of the molecule is CC(C)C1=NCCc2ccc([C@H]3C[C@@H]3c3ccc4cc(C#N)ccc4c3)cc21. The molecule has 2 aliphatic rings. The average molecular weight is 364 g/mol. The summed E-state index contributed by atoms with van der Waals surface area (Å²) in [5.41, 5.74) is 7.71. The molecule has 138 valence electrons. The Morgan fingerprint density at radius 3 is 2.43 bits per heavy atom. The second kappa shape index (κ2) is 6.60. The predicted octanol–water partition coefficient (Wildman–Crippen LogP) is 5.98. The van der Waals surface area contributed by atoms with E-state index in [1.54, 1.807) is 0 Å². The van der Waals surface area contributed by atoms with Crippen LogP contribution in [0.3, 0.4) is 0 Å². The van der Waals surface area contributed by atoms with E-state index in [0.717, 1.165) is 23.9 Å². The quantitative estimate of drug-likeness (QED) is 0.563. The molecule has 0 N–H and O–H groups in total. The van der Waals surface area contributed by atoms with Gasteiger partial charge in [0.1, 0.15) is 0 Å². The highest BCUT2D eigenvalue weighted by Crippen LogP contribution is 2.55. The van der Waals surface area contributed by atoms with E-state index >= 15 is 0 Å². The van der Waals surface area contributed by atoms with Crippen molar-refractivity contribution in [3.05, 3.63) is 82.4 Å². The van der Waals surface area contributed by atoms with Crippen molar-refractivity contribution in [1.29, 1.82) is 5.26 Å². The maximum Gasteiger partial charge on any atom is 0.0991 e. The lowest BCUT2D eigenvalue weighted by molar-refractivity contribution is 0.837. The fourth-order valence-corrected chi connectivity index (χ4v) is 4.65. The fraction of sp³-hybridized carbons (Fsp3) is 0.308. The van der Waals surface area contributed by atoms with Crippen LogP contribution in [-0.2, 0) is 6.42 Å². The summed E-state index contributed by atoms with van der Waals surface area (Å²) in [5, 5.41) is 11.5. The Labute approximate surface area is 166 Å². The van der Waals surface area contributed by atoms with E-state index in [1.165, 1.54) is 39.8 Å². The summed E-state index contributed by atoms with van der Waals surface area (Å²) in [6.45, 7) is 5.41. The van der Waals surface area contributed by atoms with Crippen LogP contribution in [0, 0.1) is 17.2 Å². The first-order valence-corrected chi connectivity index (χ1v) is 10.3. The lowest BCUT2D eigenvalue weighted by atomic mass is 9.89. The van der Waals surface area contributed by atoms with Crippen LogP contribution in [-0.4, -0.2) is 12.3 Å². The molecule has 1 aliphatic heterocycles. The second-order valence-corrected chi connectivity index (χ2v) is 8.47. The Kier molecular flexibility index (Phi) is 4.05. The van der Waals surface area contributed by atoms with Crippen LogP contribution < -0.4 is 0 Å². The molecule has 5 rings (SSSR count). The molecule has 0 amide bonds. The minimum absolute atomic E-state index is 0.475. The van der Waals surface area contributed by atoms with Gasteiger partial charge in [0.25, 0.3) is 0 Å². The van der Waals surface area contributed by atoms with Gasteiger partial charge in [0.05, 0.1) is 11.6 Å². The Hall–Kier alpha value is -2.92. The van der Waals surface area contributed by atoms with Gasteiger partial charge in [0.15, 0.2) is 0 Å². The second-order valence-electron chi connectivity index (χ2n) is 8.47. The molecule has 1 aliphatic carbocycles. The molecule has 0 radical (unpaired) electrons. The van der Waals surface area contributed by atoms with Gasteiger partial charge in [-0.05, 0) is 81.8 Å². The molecule has 0 spiro atoms. The molecule has 1 saturated carbocycles. The van der Waals surface area contributed by atoms with Crippen LogP contribution >= 0.6 is 0 Å². The van der Waals surface area contributed by atoms with Gasteiger partial charge < -0.3 is 0 Å². The lowest BCUT2D eigenvalue weighted by Gasteiger charge is -2.20. The van der Waals surface area contributed by atoms with Crippen molar-refractivity contribution in [2.24, 2.45) is 10.9 Å². The van der Waals surface area contributed by atoms with Crippen molar-refractivity contribution in [2.45, 2.75) is 38.5 Å². The van der Waals surface area contributed by atoms with Gasteiger partial charge in [-0.3, -0.25) is 4.99 Å². The molecule has 0 bridgehead atoms. The van der Waals surface area contributed by atoms with E-state index < -0.39 is 0 Å². The third kappa shape index (κ3) is 2.92. The van der Waals surface area contributed by atoms with Crippen LogP contribution in [0.1, 0.15) is 59.9 Å². The van der Waals surface area contributed by atoms with Crippen LogP contribution in [0.15, 0.2) is 59.6 Å². The van der Waals surface area contributed by atoms with Crippen molar-refractivity contribution in [1.82, 2.24) is 0 Å². The van der Waals surface area contributed by atoms with Crippen molar-refractivity contribution in [3.63, 3.8) is 0 Å². The minimum Gasteiger partial charge on any atom is -0.289 e. The molecule has 28 heavy (non-hydrogen) atoms. The molecule has 1 heterocycles. The van der Waals surface area contributed by atoms with Crippen LogP contribution in [0.2, 0.25) is 0 Å². The topological polar surface area (TPSA) is 36.1 Å². The minimum atomic E-state index is 0.475. The Morgan fingerprint density at radius 1 is 0.929 bits per heavy atom. The first-order chi connectivity index (χ1) is 13.6. The molecule has 2 heteroatoms. The fourth-order valence-electron chi connectivity index (χ4n) is 4.65. The summed E-state index contributed by atoms with van der Waals surface area (Å²) in [6, 6.07) is 22.0. The zero-order chi connectivity index (χ0) is 19.3. The monoisotopic (exact) mass is 364 g/mol. The third-order valence-corrected chi connectivity index (χ3v) is 6.26. The maximum absolute atomic E-state index is 9.09. The highest BCUT2D eigenvalue weighted by molar-refractivity contribution is 6.04. The van der Waals surface area contributed by atoms with Crippen LogP contribution in [0.5, 0.6) is 0 Å². The average Bonchev–Trinajstić information content (AvgIpc) is 3.53. The van der Waals surface area contributed by atoms with Crippen LogP contribution in [0.4, 0.5) is 0 Å². The number of nitrogens with zero attached hydrogens (tertiary/aromatic N) is 2. The maximum atomic E-state index is 9.09. The van der Waals surface area contributed by atoms with Gasteiger partial charge in [-0.2, -0.15) is 5.26 Å². The van der Waals surface area contributed by atoms with Gasteiger partial charge in [-0.25, -0.2) is 0 Å². The van der Waals surface area contributed by atoms with E-state index in [1.807, 2.05) is 12.1 Å². The number of hydrogen-bond acceptors (Lipinski definition) is 2. The van der Waals surface area contributed by atoms with E-state index in [0.29, 0.717) is 17.8 Å². The summed E-state index contributed by atoms with van der Waals surface area (Å²) >= 11 is 0. The van der Waals surface area contributed by atoms with Gasteiger partial charge in [-0.15, -0.1) is 0 Å². The number of rotatable bonds is 3. The first kappa shape index (κ1) is 17.2. The number of hydrogen-bond donors (Lipinski definition) is 0. The molecule has 2 atom stereocenters. The Balaban J connectivity index is 1.44. The highest BCUT2D eigenvalue weighted by Gasteiger charge is 2.40. The van der Waals surface area contributed by atoms with E-state index in [-0.39, 0.29) is 0 Å². The predicted molar refractivity (Wildman–Crippen MR) is 115 cm³/mol. The smallest absolute Gasteiger partial charge is 0.0991 e. The first-order valence-electron chi connectivity index (χ1n) is 10.3. The summed E-state index contributed by atoms with van der Waals surface area (Å²) in [6.07, 6.45) is 2.28. The molecule has 0 aromatic heterocycles. The standard InChI is InChI=1S/C26H24N2/c1-16(2)26-25-13-22(7-5-18(25)9-10-28-26)24-14-23(24)21-8-6-19-11-17(15-27)3-4-20(19)12-21/h3-8,11-13,16,23-24H,9-10,14H2,1-2H3/t23-,24-/m1/s1. The highest BCUT2D eigenvalue weighted by atomic mass is 14.8. The Bertz CT molecular complexity index is 1150. The van der Waals surface area contributed by atoms with E-state index in [4.69, 9.17) is 10.3 Å². The summed E-state index contributed by atoms with van der Waals surface area (Å²) in [7, 11) is 0. The van der Waals surface area contributed by atoms with Crippen molar-refractivity contribution >= 4 is 16.5 Å². The number of fused-ring (bicyclic) bond motifs is 2. The Morgan fingerprint density at radius 2 is 1.64 bits per heavy atom. The van der Waals surface area contributed by atoms with Gasteiger partial charge >= 0.3 is 0 Å². The normalized spacial score (nSPS) is 20.6. The zero-order valence-electron chi connectivity index (χ0n) is 16.4. The third-order valence-electron chi connectivity index (χ3n) is 6.26. The lowest BCUT2D eigenvalue weighted by Crippen LogP contribution is -2.18. The molecule has 1 fully saturated rings. The van der Waals surface area contributed by atoms with E-state index in [9.17, 15) is 0 Å². The van der Waals surface area contributed by atoms with Gasteiger partial charge in [0.2, 0.25) is 0 Å². The van der Waals surface area contributed by atoms with E-state index in [2.05, 4.69) is 62.4 Å². The molecule has 3 aromatic carbocycles. The molecule has 0 unspecified atom stereocenters. The molecule has 2 nitrogen and oxygen atoms in total. The summed E-state index contributed by atoms with van der Waals surface area (Å²) in [4.78, 5) is 4.81. The zero-order valence-corrected chi connectivity index (χ0v) is 16.4. The molecule has 0 saturated heterocycles. The van der Waals surface area contributed by atoms with Crippen molar-refractivity contribution < 1.29 is 0 Å². The largest absolute Gasteiger partial charge is 0.289 e. The number of nitriles is 1. The van der Waals surface area contributed by atoms with Crippen molar-refractivity contribution in [2.75, 3.05) is 6.54 Å². The molecular weight excluding hydrogens is 340 g/mol. The number of benzene rings is 3. The van der Waals surface area contributed by atoms with Crippen molar-refractivity contribution in [3.8, 4) is 6.07 Å². The molecular formula is C26H24N2. The van der Waals surface area contributed by atoms with Gasteiger partial charge in [-0.1, -0.05) is 50.2 Å².